The molecule has 19 heavy (non-hydrogen) atoms. The van der Waals surface area contributed by atoms with E-state index in [1.54, 1.807) is 0 Å². The summed E-state index contributed by atoms with van der Waals surface area (Å²) < 4.78 is 5.43. The first-order chi connectivity index (χ1) is 9.11. The number of ether oxygens (including phenoxy) is 1. The Bertz CT molecular complexity index is 354. The van der Waals surface area contributed by atoms with Gasteiger partial charge < -0.3 is 9.84 Å². The molecule has 0 fully saturated rings. The lowest BCUT2D eigenvalue weighted by atomic mass is 10.1. The number of aryl methyl sites for hydroxylation is 1. The Labute approximate surface area is 117 Å². The van der Waals surface area contributed by atoms with Crippen molar-refractivity contribution in [2.75, 3.05) is 26.8 Å². The summed E-state index contributed by atoms with van der Waals surface area (Å²) in [6.45, 7) is 6.90. The predicted octanol–water partition coefficient (Wildman–Crippen LogP) is 2.60. The monoisotopic (exact) mass is 265 g/mol. The van der Waals surface area contributed by atoms with Gasteiger partial charge in [-0.2, -0.15) is 0 Å². The first-order valence-electron chi connectivity index (χ1n) is 7.11. The maximum absolute atomic E-state index is 9.88. The lowest BCUT2D eigenvalue weighted by molar-refractivity contribution is 0.0188. The van der Waals surface area contributed by atoms with Crippen molar-refractivity contribution in [1.29, 1.82) is 0 Å². The second-order valence-corrected chi connectivity index (χ2v) is 5.27. The summed E-state index contributed by atoms with van der Waals surface area (Å²) in [5.74, 6) is 0. The molecule has 108 valence electrons. The van der Waals surface area contributed by atoms with E-state index in [-0.39, 0.29) is 0 Å². The van der Waals surface area contributed by atoms with Gasteiger partial charge in [-0.15, -0.1) is 0 Å². The first-order valence-corrected chi connectivity index (χ1v) is 7.11. The van der Waals surface area contributed by atoms with Crippen LogP contribution in [0.1, 0.15) is 30.9 Å². The number of hydrogen-bond donors (Lipinski definition) is 1. The summed E-state index contributed by atoms with van der Waals surface area (Å²) in [5.41, 5.74) is 2.55. The van der Waals surface area contributed by atoms with Crippen LogP contribution in [0.2, 0.25) is 0 Å². The highest BCUT2D eigenvalue weighted by molar-refractivity contribution is 5.21. The molecule has 0 aliphatic carbocycles. The van der Waals surface area contributed by atoms with Gasteiger partial charge in [0.25, 0.3) is 0 Å². The second-order valence-electron chi connectivity index (χ2n) is 5.27. The number of aliphatic hydroxyl groups excluding tert-OH is 1. The topological polar surface area (TPSA) is 32.7 Å². The van der Waals surface area contributed by atoms with Crippen LogP contribution >= 0.6 is 0 Å². The molecular weight excluding hydrogens is 238 g/mol. The predicted molar refractivity (Wildman–Crippen MR) is 79.2 cm³/mol. The molecule has 1 atom stereocenters. The van der Waals surface area contributed by atoms with Gasteiger partial charge in [0, 0.05) is 19.7 Å². The van der Waals surface area contributed by atoms with Crippen LogP contribution in [0.5, 0.6) is 0 Å². The molecule has 0 amide bonds. The van der Waals surface area contributed by atoms with E-state index >= 15 is 0 Å². The van der Waals surface area contributed by atoms with Gasteiger partial charge in [0.05, 0.1) is 12.7 Å². The molecular formula is C16H27NO2. The summed E-state index contributed by atoms with van der Waals surface area (Å²) in [4.78, 5) is 2.13. The lowest BCUT2D eigenvalue weighted by Gasteiger charge is -2.20. The summed E-state index contributed by atoms with van der Waals surface area (Å²) in [6.07, 6.45) is 1.78. The Morgan fingerprint density at radius 2 is 2.16 bits per heavy atom. The third-order valence-electron chi connectivity index (χ3n) is 3.01. The highest BCUT2D eigenvalue weighted by Gasteiger charge is 2.08. The third kappa shape index (κ3) is 7.31. The average Bonchev–Trinajstić information content (AvgIpc) is 2.34. The Morgan fingerprint density at radius 1 is 1.37 bits per heavy atom. The fourth-order valence-electron chi connectivity index (χ4n) is 2.06. The van der Waals surface area contributed by atoms with Crippen molar-refractivity contribution in [2.45, 2.75) is 39.3 Å². The van der Waals surface area contributed by atoms with Crippen LogP contribution in [-0.2, 0) is 11.3 Å². The van der Waals surface area contributed by atoms with Crippen LogP contribution in [-0.4, -0.2) is 42.9 Å². The van der Waals surface area contributed by atoms with Gasteiger partial charge in [0.1, 0.15) is 0 Å². The van der Waals surface area contributed by atoms with E-state index in [1.165, 1.54) is 11.1 Å². The molecule has 0 spiro atoms. The van der Waals surface area contributed by atoms with Crippen LogP contribution in [0.4, 0.5) is 0 Å². The molecule has 0 radical (unpaired) electrons. The van der Waals surface area contributed by atoms with Gasteiger partial charge in [0.15, 0.2) is 0 Å². The molecule has 1 aromatic carbocycles. The van der Waals surface area contributed by atoms with Gasteiger partial charge in [-0.3, -0.25) is 4.90 Å². The van der Waals surface area contributed by atoms with Gasteiger partial charge in [-0.25, -0.2) is 0 Å². The zero-order valence-corrected chi connectivity index (χ0v) is 12.4. The van der Waals surface area contributed by atoms with E-state index in [4.69, 9.17) is 4.74 Å². The minimum Gasteiger partial charge on any atom is -0.389 e. The van der Waals surface area contributed by atoms with Crippen molar-refractivity contribution < 1.29 is 9.84 Å². The highest BCUT2D eigenvalue weighted by atomic mass is 16.5. The molecule has 0 aliphatic heterocycles. The number of aliphatic hydroxyl groups is 1. The van der Waals surface area contributed by atoms with E-state index in [0.717, 1.165) is 26.0 Å². The van der Waals surface area contributed by atoms with E-state index < -0.39 is 6.10 Å². The summed E-state index contributed by atoms with van der Waals surface area (Å²) in [7, 11) is 2.03. The van der Waals surface area contributed by atoms with Crippen molar-refractivity contribution >= 4 is 0 Å². The van der Waals surface area contributed by atoms with Crippen molar-refractivity contribution in [2.24, 2.45) is 0 Å². The van der Waals surface area contributed by atoms with E-state index in [0.29, 0.717) is 13.2 Å². The van der Waals surface area contributed by atoms with Crippen LogP contribution in [0.15, 0.2) is 24.3 Å². The molecule has 1 unspecified atom stereocenters. The minimum absolute atomic E-state index is 0.410. The van der Waals surface area contributed by atoms with Crippen LogP contribution in [0.25, 0.3) is 0 Å². The van der Waals surface area contributed by atoms with Gasteiger partial charge in [0.2, 0.25) is 0 Å². The molecule has 1 aromatic rings. The van der Waals surface area contributed by atoms with Crippen molar-refractivity contribution in [3.63, 3.8) is 0 Å². The fraction of sp³-hybridized carbons (Fsp3) is 0.625. The summed E-state index contributed by atoms with van der Waals surface area (Å²) in [6, 6.07) is 8.47. The Morgan fingerprint density at radius 3 is 2.84 bits per heavy atom. The number of rotatable bonds is 9. The Hall–Kier alpha value is -0.900. The molecule has 1 rings (SSSR count). The smallest absolute Gasteiger partial charge is 0.0900 e. The standard InChI is InChI=1S/C16H27NO2/c1-4-5-9-19-13-16(18)12-17(3)11-15-8-6-7-14(2)10-15/h6-8,10,16,18H,4-5,9,11-13H2,1-3H3. The van der Waals surface area contributed by atoms with Crippen molar-refractivity contribution in [1.82, 2.24) is 4.90 Å². The van der Waals surface area contributed by atoms with Crippen LogP contribution in [0, 0.1) is 6.92 Å². The van der Waals surface area contributed by atoms with E-state index in [2.05, 4.69) is 43.0 Å². The second kappa shape index (κ2) is 9.08. The lowest BCUT2D eigenvalue weighted by Crippen LogP contribution is -2.32. The summed E-state index contributed by atoms with van der Waals surface area (Å²) >= 11 is 0. The highest BCUT2D eigenvalue weighted by Crippen LogP contribution is 2.07. The molecule has 0 saturated heterocycles. The van der Waals surface area contributed by atoms with E-state index in [1.807, 2.05) is 7.05 Å². The summed E-state index contributed by atoms with van der Waals surface area (Å²) in [5, 5.41) is 9.88. The largest absolute Gasteiger partial charge is 0.389 e. The molecule has 0 aliphatic rings. The molecule has 0 heterocycles. The molecule has 0 aromatic heterocycles. The van der Waals surface area contributed by atoms with Crippen molar-refractivity contribution in [3.8, 4) is 0 Å². The minimum atomic E-state index is -0.410. The van der Waals surface area contributed by atoms with E-state index in [9.17, 15) is 5.11 Å². The van der Waals surface area contributed by atoms with Gasteiger partial charge in [-0.05, 0) is 26.0 Å². The quantitative estimate of drug-likeness (QED) is 0.697. The average molecular weight is 265 g/mol. The van der Waals surface area contributed by atoms with Gasteiger partial charge in [-0.1, -0.05) is 43.2 Å². The molecule has 1 N–H and O–H groups in total. The Balaban J connectivity index is 2.24. The normalized spacial score (nSPS) is 12.9. The maximum atomic E-state index is 9.88. The number of nitrogens with zero attached hydrogens (tertiary/aromatic N) is 1. The van der Waals surface area contributed by atoms with Crippen LogP contribution < -0.4 is 0 Å². The zero-order chi connectivity index (χ0) is 14.1. The van der Waals surface area contributed by atoms with Crippen molar-refractivity contribution in [3.05, 3.63) is 35.4 Å². The number of likely N-dealkylation sites (N-methyl/N-ethyl adjacent to an activating group) is 1. The van der Waals surface area contributed by atoms with Crippen LogP contribution in [0.3, 0.4) is 0 Å². The number of unbranched alkanes of at least 4 members (excludes halogenated alkanes) is 1. The van der Waals surface area contributed by atoms with Gasteiger partial charge >= 0.3 is 0 Å². The number of hydrogen-bond acceptors (Lipinski definition) is 3. The SMILES string of the molecule is CCCCOCC(O)CN(C)Cc1cccc(C)c1. The number of benzene rings is 1. The molecule has 3 nitrogen and oxygen atoms in total. The third-order valence-corrected chi connectivity index (χ3v) is 3.01. The molecule has 0 saturated carbocycles. The zero-order valence-electron chi connectivity index (χ0n) is 12.4. The molecule has 3 heteroatoms. The Kier molecular flexibility index (Phi) is 7.72. The fourth-order valence-corrected chi connectivity index (χ4v) is 2.06. The molecule has 0 bridgehead atoms. The first kappa shape index (κ1) is 16.2. The maximum Gasteiger partial charge on any atom is 0.0900 e.